The molecule has 41 heavy (non-hydrogen) atoms. The van der Waals surface area contributed by atoms with Gasteiger partial charge in [-0.25, -0.2) is 9.79 Å². The summed E-state index contributed by atoms with van der Waals surface area (Å²) in [6.07, 6.45) is 1.81. The monoisotopic (exact) mass is 762 g/mol. The first kappa shape index (κ1) is 29.8. The largest absolute Gasteiger partial charge is 0.487 e. The van der Waals surface area contributed by atoms with Crippen LogP contribution in [-0.4, -0.2) is 17.1 Å². The Kier molecular flexibility index (Phi) is 9.18. The van der Waals surface area contributed by atoms with Crippen molar-refractivity contribution in [3.8, 4) is 5.75 Å². The number of allylic oxidation sites excluding steroid dienone is 1. The highest BCUT2D eigenvalue weighted by Crippen LogP contribution is 2.33. The molecule has 5 rings (SSSR count). The minimum atomic E-state index is -0.661. The highest BCUT2D eigenvalue weighted by Gasteiger charge is 2.33. The predicted octanol–water partition coefficient (Wildman–Crippen LogP) is 6.71. The molecule has 210 valence electrons. The molecule has 0 fully saturated rings. The van der Waals surface area contributed by atoms with Crippen LogP contribution in [0.25, 0.3) is 6.08 Å². The topological polar surface area (TPSA) is 69.9 Å². The van der Waals surface area contributed by atoms with Gasteiger partial charge in [0.2, 0.25) is 0 Å². The molecule has 0 spiro atoms. The molecule has 0 saturated carbocycles. The fourth-order valence-corrected chi connectivity index (χ4v) is 7.54. The number of ether oxygens (including phenoxy) is 2. The zero-order valence-corrected chi connectivity index (χ0v) is 27.7. The zero-order chi connectivity index (χ0) is 29.3. The quantitative estimate of drug-likeness (QED) is 0.155. The van der Waals surface area contributed by atoms with Crippen LogP contribution >= 0.6 is 61.5 Å². The van der Waals surface area contributed by atoms with Crippen LogP contribution in [0.3, 0.4) is 0 Å². The van der Waals surface area contributed by atoms with E-state index in [1.165, 1.54) is 11.3 Å². The number of carbonyl (C=O) groups excluding carboxylic acids is 1. The average Bonchev–Trinajstić information content (AvgIpc) is 3.23. The molecule has 0 radical (unpaired) electrons. The number of carbonyl (C=O) groups is 1. The third-order valence-corrected chi connectivity index (χ3v) is 9.17. The van der Waals surface area contributed by atoms with E-state index in [-0.39, 0.29) is 18.8 Å². The SMILES string of the molecule is CCOC(=O)C1=C(C)N=c2s/c(=C\c3cc(Br)cc(I)c3OCc3ccccc3Cl)c(=O)n2[C@@H]1c1ccc(C)cc1. The van der Waals surface area contributed by atoms with Gasteiger partial charge in [-0.1, -0.05) is 86.9 Å². The van der Waals surface area contributed by atoms with Gasteiger partial charge >= 0.3 is 5.97 Å². The third-order valence-electron chi connectivity index (χ3n) is 6.56. The van der Waals surface area contributed by atoms with Crippen LogP contribution in [-0.2, 0) is 16.1 Å². The summed E-state index contributed by atoms with van der Waals surface area (Å²) in [5.41, 5.74) is 4.11. The van der Waals surface area contributed by atoms with E-state index in [9.17, 15) is 9.59 Å². The Balaban J connectivity index is 1.65. The van der Waals surface area contributed by atoms with Crippen LogP contribution in [0.4, 0.5) is 0 Å². The maximum Gasteiger partial charge on any atom is 0.338 e. The summed E-state index contributed by atoms with van der Waals surface area (Å²) in [6.45, 7) is 6.03. The number of aromatic nitrogens is 1. The fourth-order valence-electron chi connectivity index (χ4n) is 4.60. The van der Waals surface area contributed by atoms with Gasteiger partial charge in [0.25, 0.3) is 5.56 Å². The first-order valence-corrected chi connectivity index (χ1v) is 15.9. The molecule has 1 aliphatic heterocycles. The van der Waals surface area contributed by atoms with Gasteiger partial charge in [-0.15, -0.1) is 0 Å². The van der Waals surface area contributed by atoms with Crippen molar-refractivity contribution in [1.29, 1.82) is 0 Å². The van der Waals surface area contributed by atoms with Crippen molar-refractivity contribution in [3.63, 3.8) is 0 Å². The van der Waals surface area contributed by atoms with Crippen LogP contribution in [0.5, 0.6) is 5.75 Å². The second kappa shape index (κ2) is 12.6. The second-order valence-corrected chi connectivity index (χ2v) is 12.9. The number of aryl methyl sites for hydroxylation is 1. The average molecular weight is 764 g/mol. The Hall–Kier alpha value is -2.73. The lowest BCUT2D eigenvalue weighted by molar-refractivity contribution is -0.139. The van der Waals surface area contributed by atoms with Gasteiger partial charge in [-0.2, -0.15) is 0 Å². The number of hydrogen-bond donors (Lipinski definition) is 0. The number of rotatable bonds is 7. The van der Waals surface area contributed by atoms with E-state index in [1.54, 1.807) is 18.4 Å². The smallest absolute Gasteiger partial charge is 0.338 e. The number of esters is 1. The van der Waals surface area contributed by atoms with Crippen LogP contribution in [0.2, 0.25) is 5.02 Å². The first-order chi connectivity index (χ1) is 19.7. The molecule has 2 heterocycles. The van der Waals surface area contributed by atoms with Gasteiger partial charge in [0.1, 0.15) is 12.4 Å². The molecule has 1 aliphatic rings. The van der Waals surface area contributed by atoms with Crippen LogP contribution in [0, 0.1) is 10.5 Å². The number of benzene rings is 3. The lowest BCUT2D eigenvalue weighted by Crippen LogP contribution is -2.39. The van der Waals surface area contributed by atoms with Gasteiger partial charge in [0.15, 0.2) is 4.80 Å². The number of thiazole rings is 1. The van der Waals surface area contributed by atoms with Crippen LogP contribution in [0.1, 0.15) is 42.1 Å². The lowest BCUT2D eigenvalue weighted by Gasteiger charge is -2.24. The van der Waals surface area contributed by atoms with Crippen LogP contribution < -0.4 is 19.6 Å². The van der Waals surface area contributed by atoms with E-state index in [2.05, 4.69) is 43.5 Å². The van der Waals surface area contributed by atoms with Crippen molar-refractivity contribution < 1.29 is 14.3 Å². The molecule has 0 unspecified atom stereocenters. The minimum absolute atomic E-state index is 0.221. The number of nitrogens with zero attached hydrogens (tertiary/aromatic N) is 2. The van der Waals surface area contributed by atoms with Gasteiger partial charge < -0.3 is 9.47 Å². The summed E-state index contributed by atoms with van der Waals surface area (Å²) in [4.78, 5) is 32.3. The second-order valence-electron chi connectivity index (χ2n) is 9.40. The van der Waals surface area contributed by atoms with E-state index >= 15 is 0 Å². The molecule has 0 aliphatic carbocycles. The van der Waals surface area contributed by atoms with E-state index in [0.29, 0.717) is 31.4 Å². The lowest BCUT2D eigenvalue weighted by atomic mass is 9.95. The van der Waals surface area contributed by atoms with Gasteiger partial charge in [-0.3, -0.25) is 9.36 Å². The molecular weight excluding hydrogens is 739 g/mol. The van der Waals surface area contributed by atoms with E-state index in [0.717, 1.165) is 30.3 Å². The molecule has 1 atom stereocenters. The summed E-state index contributed by atoms with van der Waals surface area (Å²) < 4.78 is 15.4. The molecule has 0 amide bonds. The molecule has 4 aromatic rings. The van der Waals surface area contributed by atoms with Gasteiger partial charge in [0, 0.05) is 20.6 Å². The summed E-state index contributed by atoms with van der Waals surface area (Å²) >= 11 is 13.4. The summed E-state index contributed by atoms with van der Waals surface area (Å²) in [6, 6.07) is 18.5. The number of halogens is 3. The Morgan fingerprint density at radius 1 is 1.17 bits per heavy atom. The molecular formula is C31H25BrClIN2O4S. The van der Waals surface area contributed by atoms with E-state index in [1.807, 2.05) is 73.7 Å². The van der Waals surface area contributed by atoms with Crippen molar-refractivity contribution in [2.45, 2.75) is 33.4 Å². The van der Waals surface area contributed by atoms with Crippen molar-refractivity contribution in [3.05, 3.63) is 127 Å². The Morgan fingerprint density at radius 3 is 2.61 bits per heavy atom. The molecule has 0 saturated heterocycles. The standard InChI is InChI=1S/C31H25BrClIN2O4S/c1-4-39-30(38)26-18(3)35-31-36(27(26)19-11-9-17(2)10-12-19)29(37)25(41-31)14-21-13-22(32)15-24(34)28(21)40-16-20-7-5-6-8-23(20)33/h5-15,27H,4,16H2,1-3H3/b25-14-/t27-/m1/s1. The zero-order valence-electron chi connectivity index (χ0n) is 22.4. The fraction of sp³-hybridized carbons (Fsp3) is 0.194. The van der Waals surface area contributed by atoms with Crippen molar-refractivity contribution >= 4 is 73.5 Å². The normalized spacial score (nSPS) is 15.0. The third kappa shape index (κ3) is 6.23. The Labute approximate surface area is 268 Å². The van der Waals surface area contributed by atoms with Crippen LogP contribution in [0.15, 0.2) is 86.2 Å². The van der Waals surface area contributed by atoms with E-state index < -0.39 is 12.0 Å². The highest BCUT2D eigenvalue weighted by atomic mass is 127. The van der Waals surface area contributed by atoms with Gasteiger partial charge in [-0.05, 0) is 73.2 Å². The molecule has 0 bridgehead atoms. The molecule has 10 heteroatoms. The number of fused-ring (bicyclic) bond motifs is 1. The molecule has 6 nitrogen and oxygen atoms in total. The van der Waals surface area contributed by atoms with E-state index in [4.69, 9.17) is 21.1 Å². The van der Waals surface area contributed by atoms with Crippen molar-refractivity contribution in [1.82, 2.24) is 4.57 Å². The molecule has 0 N–H and O–H groups in total. The Morgan fingerprint density at radius 2 is 1.90 bits per heavy atom. The molecule has 1 aromatic heterocycles. The van der Waals surface area contributed by atoms with Gasteiger partial charge in [0.05, 0.1) is 32.0 Å². The first-order valence-electron chi connectivity index (χ1n) is 12.8. The van der Waals surface area contributed by atoms with Crippen molar-refractivity contribution in [2.75, 3.05) is 6.61 Å². The number of hydrogen-bond acceptors (Lipinski definition) is 6. The highest BCUT2D eigenvalue weighted by molar-refractivity contribution is 14.1. The molecule has 3 aromatic carbocycles. The predicted molar refractivity (Wildman–Crippen MR) is 174 cm³/mol. The Bertz CT molecular complexity index is 1860. The maximum atomic E-state index is 14.0. The van der Waals surface area contributed by atoms with Crippen molar-refractivity contribution in [2.24, 2.45) is 4.99 Å². The summed E-state index contributed by atoms with van der Waals surface area (Å²) in [5.74, 6) is 0.156. The summed E-state index contributed by atoms with van der Waals surface area (Å²) in [5, 5.41) is 0.623. The summed E-state index contributed by atoms with van der Waals surface area (Å²) in [7, 11) is 0. The maximum absolute atomic E-state index is 14.0. The minimum Gasteiger partial charge on any atom is -0.487 e.